The second-order valence-electron chi connectivity index (χ2n) is 6.06. The molecule has 0 aromatic heterocycles. The lowest BCUT2D eigenvalue weighted by molar-refractivity contribution is 0.133. The third-order valence-corrected chi connectivity index (χ3v) is 4.94. The Kier molecular flexibility index (Phi) is 3.03. The molecular formula is C16H21N3O2. The number of phenols is 1. The first-order valence-electron chi connectivity index (χ1n) is 7.80. The zero-order valence-corrected chi connectivity index (χ0v) is 12.2. The number of piperidine rings is 3. The summed E-state index contributed by atoms with van der Waals surface area (Å²) in [5.41, 5.74) is 5.77. The van der Waals surface area contributed by atoms with E-state index in [0.717, 1.165) is 5.56 Å². The van der Waals surface area contributed by atoms with Gasteiger partial charge < -0.3 is 15.3 Å². The number of phenolic OH excluding ortho intramolecular Hbond substituents is 1. The van der Waals surface area contributed by atoms with Crippen molar-refractivity contribution in [2.75, 3.05) is 19.7 Å². The van der Waals surface area contributed by atoms with Gasteiger partial charge >= 0.3 is 0 Å². The largest absolute Gasteiger partial charge is 0.504 e. The van der Waals surface area contributed by atoms with Gasteiger partial charge in [0.15, 0.2) is 11.5 Å². The Morgan fingerprint density at radius 3 is 2.95 bits per heavy atom. The molecule has 2 unspecified atom stereocenters. The maximum Gasteiger partial charge on any atom is 0.161 e. The Morgan fingerprint density at radius 1 is 1.38 bits per heavy atom. The number of nitrogens with one attached hydrogen (secondary N) is 1. The van der Waals surface area contributed by atoms with Crippen LogP contribution < -0.4 is 10.2 Å². The number of hydrogen-bond acceptors (Lipinski definition) is 5. The van der Waals surface area contributed by atoms with Crippen LogP contribution in [-0.4, -0.2) is 41.5 Å². The van der Waals surface area contributed by atoms with Crippen LogP contribution in [0.2, 0.25) is 0 Å². The van der Waals surface area contributed by atoms with Crippen LogP contribution in [-0.2, 0) is 0 Å². The second-order valence-corrected chi connectivity index (χ2v) is 6.06. The molecule has 3 fully saturated rings. The summed E-state index contributed by atoms with van der Waals surface area (Å²) in [4.78, 5) is 2.54. The lowest BCUT2D eigenvalue weighted by Crippen LogP contribution is -2.56. The summed E-state index contributed by atoms with van der Waals surface area (Å²) >= 11 is 0. The summed E-state index contributed by atoms with van der Waals surface area (Å²) < 4.78 is 5.51. The van der Waals surface area contributed by atoms with Crippen molar-refractivity contribution >= 4 is 5.71 Å². The highest BCUT2D eigenvalue weighted by molar-refractivity contribution is 5.95. The number of hydrazone groups is 1. The Morgan fingerprint density at radius 2 is 2.19 bits per heavy atom. The summed E-state index contributed by atoms with van der Waals surface area (Å²) in [5.74, 6) is 1.41. The summed E-state index contributed by atoms with van der Waals surface area (Å²) in [5, 5.41) is 14.5. The van der Waals surface area contributed by atoms with Gasteiger partial charge in [-0.25, -0.2) is 0 Å². The van der Waals surface area contributed by atoms with Crippen LogP contribution in [0.15, 0.2) is 23.3 Å². The summed E-state index contributed by atoms with van der Waals surface area (Å²) in [6, 6.07) is 6.17. The normalized spacial score (nSPS) is 33.3. The van der Waals surface area contributed by atoms with E-state index in [1.807, 2.05) is 19.1 Å². The fraction of sp³-hybridized carbons (Fsp3) is 0.562. The van der Waals surface area contributed by atoms with E-state index in [1.165, 1.54) is 31.6 Å². The quantitative estimate of drug-likeness (QED) is 0.891. The molecule has 0 spiro atoms. The van der Waals surface area contributed by atoms with Crippen molar-refractivity contribution in [3.63, 3.8) is 0 Å². The van der Waals surface area contributed by atoms with Crippen LogP contribution in [0, 0.1) is 5.92 Å². The molecule has 0 aliphatic carbocycles. The van der Waals surface area contributed by atoms with Crippen LogP contribution >= 0.6 is 0 Å². The van der Waals surface area contributed by atoms with E-state index in [1.54, 1.807) is 6.07 Å². The highest BCUT2D eigenvalue weighted by atomic mass is 16.5. The van der Waals surface area contributed by atoms with E-state index < -0.39 is 0 Å². The van der Waals surface area contributed by atoms with Gasteiger partial charge in [-0.15, -0.1) is 0 Å². The van der Waals surface area contributed by atoms with E-state index in [-0.39, 0.29) is 11.8 Å². The zero-order valence-electron chi connectivity index (χ0n) is 12.2. The topological polar surface area (TPSA) is 57.1 Å². The van der Waals surface area contributed by atoms with Crippen LogP contribution in [0.1, 0.15) is 31.4 Å². The van der Waals surface area contributed by atoms with Gasteiger partial charge in [0.05, 0.1) is 24.4 Å². The van der Waals surface area contributed by atoms with Gasteiger partial charge in [-0.05, 0) is 50.6 Å². The Labute approximate surface area is 124 Å². The van der Waals surface area contributed by atoms with Gasteiger partial charge in [-0.2, -0.15) is 5.10 Å². The first kappa shape index (κ1) is 13.0. The molecule has 3 saturated heterocycles. The van der Waals surface area contributed by atoms with Crippen molar-refractivity contribution < 1.29 is 9.84 Å². The molecule has 4 aliphatic heterocycles. The molecule has 1 aromatic rings. The zero-order chi connectivity index (χ0) is 14.4. The predicted octanol–water partition coefficient (Wildman–Crippen LogP) is 1.89. The molecule has 2 atom stereocenters. The molecule has 5 heteroatoms. The second kappa shape index (κ2) is 4.91. The summed E-state index contributed by atoms with van der Waals surface area (Å²) in [6.07, 6.45) is 2.48. The van der Waals surface area contributed by atoms with E-state index in [2.05, 4.69) is 15.4 Å². The number of rotatable bonds is 3. The predicted molar refractivity (Wildman–Crippen MR) is 80.7 cm³/mol. The van der Waals surface area contributed by atoms with Gasteiger partial charge in [0.2, 0.25) is 0 Å². The fourth-order valence-electron chi connectivity index (χ4n) is 3.91. The first-order chi connectivity index (χ1) is 10.3. The van der Waals surface area contributed by atoms with Gasteiger partial charge in [0.1, 0.15) is 0 Å². The maximum absolute atomic E-state index is 9.86. The minimum atomic E-state index is 0.169. The molecule has 4 aliphatic rings. The molecule has 0 amide bonds. The summed E-state index contributed by atoms with van der Waals surface area (Å²) in [6.45, 7) is 4.81. The third kappa shape index (κ3) is 1.99. The lowest BCUT2D eigenvalue weighted by atomic mass is 9.78. The van der Waals surface area contributed by atoms with Crippen molar-refractivity contribution in [2.24, 2.45) is 11.0 Å². The Hall–Kier alpha value is -1.75. The molecular weight excluding hydrogens is 266 g/mol. The van der Waals surface area contributed by atoms with Crippen LogP contribution in [0.4, 0.5) is 0 Å². The highest BCUT2D eigenvalue weighted by Crippen LogP contribution is 2.40. The molecule has 2 N–H and O–H groups in total. The lowest BCUT2D eigenvalue weighted by Gasteiger charge is -2.45. The molecule has 112 valence electrons. The third-order valence-electron chi connectivity index (χ3n) is 4.94. The number of benzene rings is 1. The molecule has 0 saturated carbocycles. The minimum absolute atomic E-state index is 0.169. The molecule has 1 aromatic carbocycles. The van der Waals surface area contributed by atoms with Crippen molar-refractivity contribution in [1.29, 1.82) is 0 Å². The number of aromatic hydroxyl groups is 1. The van der Waals surface area contributed by atoms with Crippen LogP contribution in [0.3, 0.4) is 0 Å². The van der Waals surface area contributed by atoms with E-state index in [0.29, 0.717) is 24.3 Å². The monoisotopic (exact) mass is 287 g/mol. The van der Waals surface area contributed by atoms with Crippen molar-refractivity contribution in [3.05, 3.63) is 23.8 Å². The Bertz CT molecular complexity index is 579. The van der Waals surface area contributed by atoms with E-state index >= 15 is 0 Å². The van der Waals surface area contributed by atoms with Crippen LogP contribution in [0.5, 0.6) is 11.5 Å². The number of ether oxygens (including phenoxy) is 1. The van der Waals surface area contributed by atoms with Gasteiger partial charge in [0, 0.05) is 5.92 Å². The smallest absolute Gasteiger partial charge is 0.161 e. The Balaban J connectivity index is 1.64. The standard InChI is InChI=1S/C16H21N3O2/c1-2-21-13-9-11(3-4-12(13)20)15-16-14(17-18-15)10-5-7-19(16)8-6-10/h3-4,9-10,15-16,18,20H,2,5-8H2,1H3. The molecule has 21 heavy (non-hydrogen) atoms. The SMILES string of the molecule is CCOc1cc(C2NN=C3C4CCN(CC4)C32)ccc1O. The number of nitrogens with zero attached hydrogens (tertiary/aromatic N) is 2. The molecule has 4 heterocycles. The van der Waals surface area contributed by atoms with Crippen LogP contribution in [0.25, 0.3) is 0 Å². The average Bonchev–Trinajstić information content (AvgIpc) is 2.98. The first-order valence-corrected chi connectivity index (χ1v) is 7.80. The van der Waals surface area contributed by atoms with Crippen molar-refractivity contribution in [3.8, 4) is 11.5 Å². The van der Waals surface area contributed by atoms with Gasteiger partial charge in [-0.3, -0.25) is 4.90 Å². The molecule has 0 radical (unpaired) electrons. The fourth-order valence-corrected chi connectivity index (χ4v) is 3.91. The molecule has 5 rings (SSSR count). The minimum Gasteiger partial charge on any atom is -0.504 e. The van der Waals surface area contributed by atoms with Crippen molar-refractivity contribution in [1.82, 2.24) is 10.3 Å². The van der Waals surface area contributed by atoms with Gasteiger partial charge in [-0.1, -0.05) is 6.07 Å². The molecule has 5 nitrogen and oxygen atoms in total. The van der Waals surface area contributed by atoms with Gasteiger partial charge in [0.25, 0.3) is 0 Å². The number of fused-ring (bicyclic) bond motifs is 2. The maximum atomic E-state index is 9.86. The van der Waals surface area contributed by atoms with E-state index in [4.69, 9.17) is 4.74 Å². The summed E-state index contributed by atoms with van der Waals surface area (Å²) in [7, 11) is 0. The average molecular weight is 287 g/mol. The van der Waals surface area contributed by atoms with E-state index in [9.17, 15) is 5.11 Å². The number of hydrogen-bond donors (Lipinski definition) is 2. The highest BCUT2D eigenvalue weighted by Gasteiger charge is 2.46. The molecule has 2 bridgehead atoms. The van der Waals surface area contributed by atoms with Crippen molar-refractivity contribution in [2.45, 2.75) is 31.8 Å².